The molecule has 0 unspecified atom stereocenters. The quantitative estimate of drug-likeness (QED) is 0.728. The highest BCUT2D eigenvalue weighted by molar-refractivity contribution is 7.14. The molecule has 118 valence electrons. The first kappa shape index (κ1) is 15.7. The number of hydrogen-bond donors (Lipinski definition) is 0. The van der Waals surface area contributed by atoms with E-state index in [1.165, 1.54) is 25.2 Å². The molecule has 0 atom stereocenters. The average molecular weight is 329 g/mol. The third kappa shape index (κ3) is 3.42. The van der Waals surface area contributed by atoms with Crippen molar-refractivity contribution in [2.24, 2.45) is 0 Å². The predicted octanol–water partition coefficient (Wildman–Crippen LogP) is 3.92. The number of benzene rings is 1. The number of carbonyl (C=O) groups is 1. The summed E-state index contributed by atoms with van der Waals surface area (Å²) in [6, 6.07) is 7.75. The van der Waals surface area contributed by atoms with Gasteiger partial charge in [0.05, 0.1) is 6.42 Å². The van der Waals surface area contributed by atoms with Gasteiger partial charge in [-0.3, -0.25) is 9.78 Å². The lowest BCUT2D eigenvalue weighted by molar-refractivity contribution is -0.127. The summed E-state index contributed by atoms with van der Waals surface area (Å²) in [5.74, 6) is -0.472. The summed E-state index contributed by atoms with van der Waals surface area (Å²) in [7, 11) is 0. The highest BCUT2D eigenvalue weighted by Crippen LogP contribution is 2.27. The molecule has 0 bridgehead atoms. The Morgan fingerprint density at radius 1 is 1.22 bits per heavy atom. The third-order valence-corrected chi connectivity index (χ3v) is 4.44. The summed E-state index contributed by atoms with van der Waals surface area (Å²) < 4.78 is 13.7. The third-order valence-electron chi connectivity index (χ3n) is 3.56. The number of aromatic nitrogens is 3. The Morgan fingerprint density at radius 3 is 2.65 bits per heavy atom. The van der Waals surface area contributed by atoms with E-state index in [0.717, 1.165) is 26.4 Å². The highest BCUT2D eigenvalue weighted by Gasteiger charge is 2.26. The summed E-state index contributed by atoms with van der Waals surface area (Å²) in [5.41, 5.74) is -0.307. The minimum absolute atomic E-state index is 0.0123. The van der Waals surface area contributed by atoms with Crippen molar-refractivity contribution in [1.29, 1.82) is 0 Å². The zero-order valence-electron chi connectivity index (χ0n) is 13.1. The van der Waals surface area contributed by atoms with Gasteiger partial charge in [0.25, 0.3) is 0 Å². The lowest BCUT2D eigenvalue weighted by atomic mass is 10.00. The molecule has 3 aromatic rings. The Bertz CT molecular complexity index is 883. The normalized spacial score (nSPS) is 11.8. The van der Waals surface area contributed by atoms with Crippen molar-refractivity contribution >= 4 is 27.9 Å². The van der Waals surface area contributed by atoms with Crippen LogP contribution in [0.1, 0.15) is 24.5 Å². The van der Waals surface area contributed by atoms with E-state index in [4.69, 9.17) is 0 Å². The van der Waals surface area contributed by atoms with Gasteiger partial charge in [-0.2, -0.15) is 0 Å². The molecular weight excluding hydrogens is 313 g/mol. The van der Waals surface area contributed by atoms with Gasteiger partial charge in [0.2, 0.25) is 0 Å². The number of aryl methyl sites for hydroxylation is 1. The molecule has 3 rings (SSSR count). The van der Waals surface area contributed by atoms with Crippen LogP contribution in [-0.2, 0) is 11.2 Å². The van der Waals surface area contributed by atoms with E-state index in [-0.39, 0.29) is 6.42 Å². The van der Waals surface area contributed by atoms with Gasteiger partial charge in [-0.1, -0.05) is 23.5 Å². The molecule has 0 spiro atoms. The largest absolute Gasteiger partial charge is 0.296 e. The molecule has 0 fully saturated rings. The predicted molar refractivity (Wildman–Crippen MR) is 89.3 cm³/mol. The lowest BCUT2D eigenvalue weighted by Gasteiger charge is -2.12. The van der Waals surface area contributed by atoms with Crippen LogP contribution in [0, 0.1) is 6.92 Å². The summed E-state index contributed by atoms with van der Waals surface area (Å²) in [6.07, 6.45) is 1.69. The molecule has 2 heterocycles. The molecule has 0 aliphatic carbocycles. The molecule has 2 aromatic heterocycles. The van der Waals surface area contributed by atoms with Gasteiger partial charge in [-0.25, -0.2) is 4.39 Å². The molecule has 0 N–H and O–H groups in total. The number of Topliss-reactive ketones (excluding diaryl/α,β-unsaturated/α-hetero) is 1. The van der Waals surface area contributed by atoms with Crippen molar-refractivity contribution in [3.8, 4) is 10.6 Å². The van der Waals surface area contributed by atoms with Crippen molar-refractivity contribution in [2.45, 2.75) is 32.9 Å². The molecule has 23 heavy (non-hydrogen) atoms. The molecule has 0 radical (unpaired) electrons. The maximum absolute atomic E-state index is 13.7. The second-order valence-electron chi connectivity index (χ2n) is 5.94. The van der Waals surface area contributed by atoms with Crippen LogP contribution in [0.3, 0.4) is 0 Å². The zero-order valence-corrected chi connectivity index (χ0v) is 13.9. The number of fused-ring (bicyclic) bond motifs is 1. The first-order valence-electron chi connectivity index (χ1n) is 7.24. The van der Waals surface area contributed by atoms with E-state index in [1.807, 2.05) is 31.2 Å². The second kappa shape index (κ2) is 5.77. The summed E-state index contributed by atoms with van der Waals surface area (Å²) in [4.78, 5) is 16.1. The van der Waals surface area contributed by atoms with Crippen LogP contribution in [0.25, 0.3) is 21.3 Å². The van der Waals surface area contributed by atoms with Crippen molar-refractivity contribution in [1.82, 2.24) is 15.2 Å². The maximum Gasteiger partial charge on any atom is 0.175 e. The smallest absolute Gasteiger partial charge is 0.175 e. The fraction of sp³-hybridized carbons (Fsp3) is 0.294. The van der Waals surface area contributed by atoms with Gasteiger partial charge < -0.3 is 0 Å². The molecule has 4 nitrogen and oxygen atoms in total. The Labute approximate surface area is 137 Å². The molecule has 1 aromatic carbocycles. The Hall–Kier alpha value is -2.21. The number of rotatable bonds is 4. The van der Waals surface area contributed by atoms with Gasteiger partial charge in [-0.15, -0.1) is 10.2 Å². The summed E-state index contributed by atoms with van der Waals surface area (Å²) >= 11 is 1.53. The van der Waals surface area contributed by atoms with Crippen LogP contribution in [0.2, 0.25) is 0 Å². The Morgan fingerprint density at radius 2 is 2.00 bits per heavy atom. The zero-order chi connectivity index (χ0) is 16.6. The maximum atomic E-state index is 13.7. The van der Waals surface area contributed by atoms with Crippen molar-refractivity contribution in [3.63, 3.8) is 0 Å². The molecule has 0 amide bonds. The summed E-state index contributed by atoms with van der Waals surface area (Å²) in [5, 5.41) is 11.8. The highest BCUT2D eigenvalue weighted by atomic mass is 32.1. The molecule has 0 saturated heterocycles. The van der Waals surface area contributed by atoms with E-state index in [0.29, 0.717) is 5.69 Å². The van der Waals surface area contributed by atoms with Crippen LogP contribution in [0.4, 0.5) is 4.39 Å². The topological polar surface area (TPSA) is 55.7 Å². The number of pyridine rings is 1. The Kier molecular flexibility index (Phi) is 3.93. The molecule has 0 saturated carbocycles. The first-order chi connectivity index (χ1) is 10.8. The minimum Gasteiger partial charge on any atom is -0.296 e. The second-order valence-corrected chi connectivity index (χ2v) is 7.12. The van der Waals surface area contributed by atoms with Gasteiger partial charge in [-0.05, 0) is 38.3 Å². The molecule has 6 heteroatoms. The van der Waals surface area contributed by atoms with Crippen LogP contribution >= 0.6 is 11.3 Å². The lowest BCUT2D eigenvalue weighted by Crippen LogP contribution is -2.27. The minimum atomic E-state index is -1.84. The number of alkyl halides is 1. The van der Waals surface area contributed by atoms with E-state index in [1.54, 1.807) is 6.20 Å². The fourth-order valence-electron chi connectivity index (χ4n) is 2.20. The monoisotopic (exact) mass is 329 g/mol. The van der Waals surface area contributed by atoms with Crippen LogP contribution in [0.5, 0.6) is 0 Å². The van der Waals surface area contributed by atoms with Crippen molar-refractivity contribution in [2.75, 3.05) is 0 Å². The van der Waals surface area contributed by atoms with E-state index >= 15 is 0 Å². The Balaban J connectivity index is 1.96. The SMILES string of the molecule is Cc1nnc(-c2ccc3cnc(CC(=O)C(C)(C)F)cc3c2)s1. The number of ketones is 1. The first-order valence-corrected chi connectivity index (χ1v) is 8.06. The van der Waals surface area contributed by atoms with E-state index in [2.05, 4.69) is 15.2 Å². The molecule has 0 aliphatic heterocycles. The molecule has 0 aliphatic rings. The standard InChI is InChI=1S/C17H16FN3OS/c1-10-20-21-16(23-10)11-4-5-12-9-19-14(7-13(12)6-11)8-15(22)17(2,3)18/h4-7,9H,8H2,1-3H3. The van der Waals surface area contributed by atoms with Gasteiger partial charge in [0, 0.05) is 22.8 Å². The van der Waals surface area contributed by atoms with Gasteiger partial charge >= 0.3 is 0 Å². The number of nitrogens with zero attached hydrogens (tertiary/aromatic N) is 3. The van der Waals surface area contributed by atoms with Crippen molar-refractivity contribution < 1.29 is 9.18 Å². The van der Waals surface area contributed by atoms with Crippen LogP contribution in [-0.4, -0.2) is 26.6 Å². The van der Waals surface area contributed by atoms with Crippen LogP contribution < -0.4 is 0 Å². The number of hydrogen-bond acceptors (Lipinski definition) is 5. The molecular formula is C17H16FN3OS. The van der Waals surface area contributed by atoms with Gasteiger partial charge in [0.1, 0.15) is 10.0 Å². The van der Waals surface area contributed by atoms with Crippen LogP contribution in [0.15, 0.2) is 30.5 Å². The van der Waals surface area contributed by atoms with Gasteiger partial charge in [0.15, 0.2) is 11.5 Å². The van der Waals surface area contributed by atoms with Crippen molar-refractivity contribution in [3.05, 3.63) is 41.2 Å². The summed E-state index contributed by atoms with van der Waals surface area (Å²) in [6.45, 7) is 4.45. The number of halogens is 1. The average Bonchev–Trinajstić information content (AvgIpc) is 2.92. The van der Waals surface area contributed by atoms with E-state index < -0.39 is 11.5 Å². The van der Waals surface area contributed by atoms with E-state index in [9.17, 15) is 9.18 Å². The fourth-order valence-corrected chi connectivity index (χ4v) is 2.89. The number of carbonyl (C=O) groups excluding carboxylic acids is 1.